The van der Waals surface area contributed by atoms with Gasteiger partial charge in [-0.3, -0.25) is 0 Å². The van der Waals surface area contributed by atoms with E-state index in [1.807, 2.05) is 0 Å². The van der Waals surface area contributed by atoms with Crippen LogP contribution in [0.2, 0.25) is 0 Å². The second-order valence-corrected chi connectivity index (χ2v) is 1.45. The molecule has 1 N–H and O–H groups in total. The van der Waals surface area contributed by atoms with E-state index in [0.717, 1.165) is 6.61 Å². The van der Waals surface area contributed by atoms with Crippen molar-refractivity contribution in [3.8, 4) is 0 Å². The Morgan fingerprint density at radius 1 is 1.78 bits per heavy atom. The molecule has 1 atom stereocenters. The quantitative estimate of drug-likeness (QED) is 0.350. The predicted octanol–water partition coefficient (Wildman–Crippen LogP) is -2.21. The molecule has 0 heterocycles. The van der Waals surface area contributed by atoms with Crippen LogP contribution in [0.5, 0.6) is 0 Å². The van der Waals surface area contributed by atoms with Crippen molar-refractivity contribution in [2.45, 2.75) is 6.92 Å². The van der Waals surface area contributed by atoms with Crippen molar-refractivity contribution in [2.75, 3.05) is 7.11 Å². The second-order valence-electron chi connectivity index (χ2n) is 1.45. The summed E-state index contributed by atoms with van der Waals surface area (Å²) < 4.78 is 0. The second kappa shape index (κ2) is 9.48. The maximum absolute atomic E-state index is 8.29. The normalized spacial score (nSPS) is 12.8. The number of nitrogens with zero attached hydrogens (tertiary/aromatic N) is 1. The number of aliphatic hydroxyl groups is 1. The monoisotopic (exact) mass is 249 g/mol. The Labute approximate surface area is 114 Å². The molecule has 0 aromatic heterocycles. The first-order valence-corrected chi connectivity index (χ1v) is 2.35. The average molecular weight is 249 g/mol. The van der Waals surface area contributed by atoms with Gasteiger partial charge in [0.15, 0.2) is 0 Å². The smallest absolute Gasteiger partial charge is 0.565 e. The number of hydrogen-bond acceptors (Lipinski definition) is 3. The minimum atomic E-state index is -0.0325. The third-order valence-electron chi connectivity index (χ3n) is 0.637. The summed E-state index contributed by atoms with van der Waals surface area (Å²) in [5, 5.41) is 11.7. The molecule has 0 aromatic carbocycles. The van der Waals surface area contributed by atoms with Crippen LogP contribution in [-0.2, 0) is 4.84 Å². The van der Waals surface area contributed by atoms with Crippen molar-refractivity contribution in [2.24, 2.45) is 11.1 Å². The van der Waals surface area contributed by atoms with E-state index in [2.05, 4.69) is 9.99 Å². The fourth-order valence-corrected chi connectivity index (χ4v) is 0.195. The molecule has 9 heavy (non-hydrogen) atoms. The van der Waals surface area contributed by atoms with Gasteiger partial charge in [-0.15, -0.1) is 11.1 Å². The third kappa shape index (κ3) is 9.48. The third-order valence-corrected chi connectivity index (χ3v) is 0.637. The van der Waals surface area contributed by atoms with Crippen molar-refractivity contribution >= 4 is 6.21 Å². The van der Waals surface area contributed by atoms with Crippen LogP contribution in [0.25, 0.3) is 0 Å². The summed E-state index contributed by atoms with van der Waals surface area (Å²) in [4.78, 5) is 4.35. The van der Waals surface area contributed by atoms with Crippen LogP contribution in [0.1, 0.15) is 6.92 Å². The molecule has 48 valence electrons. The van der Waals surface area contributed by atoms with Gasteiger partial charge in [-0.05, 0) is 0 Å². The minimum absolute atomic E-state index is 0. The maximum Gasteiger partial charge on any atom is 1.00 e. The van der Waals surface area contributed by atoms with Gasteiger partial charge in [-0.2, -0.15) is 0 Å². The van der Waals surface area contributed by atoms with Gasteiger partial charge in [0, 0.05) is 6.21 Å². The van der Waals surface area contributed by atoms with Crippen molar-refractivity contribution in [1.82, 2.24) is 0 Å². The van der Waals surface area contributed by atoms with Crippen molar-refractivity contribution in [3.05, 3.63) is 6.61 Å². The first kappa shape index (κ1) is 13.1. The molecule has 0 aromatic rings. The maximum atomic E-state index is 8.29. The van der Waals surface area contributed by atoms with Gasteiger partial charge < -0.3 is 9.94 Å². The van der Waals surface area contributed by atoms with Crippen LogP contribution < -0.4 is 68.9 Å². The average Bonchev–Trinajstić information content (AvgIpc) is 1.83. The Balaban J connectivity index is 0. The van der Waals surface area contributed by atoms with Gasteiger partial charge in [-0.1, -0.05) is 6.92 Å². The molecule has 3 nitrogen and oxygen atoms in total. The summed E-state index contributed by atoms with van der Waals surface area (Å²) in [6, 6.07) is 0. The van der Waals surface area contributed by atoms with Gasteiger partial charge >= 0.3 is 68.9 Å². The predicted molar refractivity (Wildman–Crippen MR) is 30.9 cm³/mol. The summed E-state index contributed by atoms with van der Waals surface area (Å²) in [6.07, 6.45) is 1.50. The fourth-order valence-electron chi connectivity index (χ4n) is 0.195. The van der Waals surface area contributed by atoms with Crippen LogP contribution in [0.15, 0.2) is 5.16 Å². The molecule has 0 saturated heterocycles. The first-order chi connectivity index (χ1) is 3.81. The first-order valence-electron chi connectivity index (χ1n) is 2.35. The number of hydrogen-bond donors (Lipinski definition) is 1. The molecule has 0 unspecified atom stereocenters. The van der Waals surface area contributed by atoms with E-state index < -0.39 is 0 Å². The molecule has 0 aliphatic heterocycles. The minimum Gasteiger partial charge on any atom is -0.565 e. The Morgan fingerprint density at radius 2 is 2.33 bits per heavy atom. The molecule has 0 aliphatic rings. The van der Waals surface area contributed by atoms with Crippen LogP contribution in [0.4, 0.5) is 0 Å². The Kier molecular flexibility index (Phi) is 13.8. The molecule has 0 spiro atoms. The summed E-state index contributed by atoms with van der Waals surface area (Å²) >= 11 is 0. The van der Waals surface area contributed by atoms with Gasteiger partial charge in [0.1, 0.15) is 7.11 Å². The summed E-state index contributed by atoms with van der Waals surface area (Å²) in [5.74, 6) is -0.0325. The molecule has 0 amide bonds. The molecule has 0 bridgehead atoms. The van der Waals surface area contributed by atoms with E-state index >= 15 is 0 Å². The molecular formula is C5H10CsNO2. The molecule has 0 rings (SSSR count). The largest absolute Gasteiger partial charge is 1.00 e. The Bertz CT molecular complexity index is 77.4. The summed E-state index contributed by atoms with van der Waals surface area (Å²) in [6.45, 7) is 2.84. The molecule has 0 saturated carbocycles. The van der Waals surface area contributed by atoms with Gasteiger partial charge in [0.05, 0.1) is 0 Å². The van der Waals surface area contributed by atoms with E-state index in [1.165, 1.54) is 13.3 Å². The van der Waals surface area contributed by atoms with E-state index in [0.29, 0.717) is 0 Å². The van der Waals surface area contributed by atoms with Crippen LogP contribution >= 0.6 is 0 Å². The SMILES string of the molecule is CO/N=C/[C@@H](C)[CH-]O.[Cs+]. The summed E-state index contributed by atoms with van der Waals surface area (Å²) in [5.41, 5.74) is 0. The number of aliphatic hydroxyl groups excluding tert-OH is 1. The fraction of sp³-hybridized carbons (Fsp3) is 0.600. The van der Waals surface area contributed by atoms with Crippen LogP contribution in [0, 0.1) is 12.5 Å². The number of rotatable bonds is 3. The zero-order valence-electron chi connectivity index (χ0n) is 6.03. The summed E-state index contributed by atoms with van der Waals surface area (Å²) in [7, 11) is 1.46. The van der Waals surface area contributed by atoms with Crippen molar-refractivity contribution < 1.29 is 78.8 Å². The Morgan fingerprint density at radius 3 is 2.67 bits per heavy atom. The van der Waals surface area contributed by atoms with Crippen LogP contribution in [-0.4, -0.2) is 18.4 Å². The van der Waals surface area contributed by atoms with Crippen molar-refractivity contribution in [3.63, 3.8) is 0 Å². The van der Waals surface area contributed by atoms with Gasteiger partial charge in [0.2, 0.25) is 0 Å². The molecule has 0 radical (unpaired) electrons. The topological polar surface area (TPSA) is 41.8 Å². The van der Waals surface area contributed by atoms with Gasteiger partial charge in [-0.25, -0.2) is 6.61 Å². The van der Waals surface area contributed by atoms with E-state index in [9.17, 15) is 0 Å². The van der Waals surface area contributed by atoms with E-state index in [4.69, 9.17) is 5.11 Å². The molecule has 0 aliphatic carbocycles. The van der Waals surface area contributed by atoms with E-state index in [1.54, 1.807) is 6.92 Å². The molecular weight excluding hydrogens is 239 g/mol. The zero-order chi connectivity index (χ0) is 6.41. The standard InChI is InChI=1S/C5H10NO2.Cs/c1-5(4-7)3-6-8-2;/h3-5,7H,1-2H3;/q-1;+1/b6-3+;/t5-;/m1./s1. The van der Waals surface area contributed by atoms with Gasteiger partial charge in [0.25, 0.3) is 0 Å². The van der Waals surface area contributed by atoms with Crippen molar-refractivity contribution in [1.29, 1.82) is 0 Å². The zero-order valence-corrected chi connectivity index (χ0v) is 12.3. The molecule has 0 fully saturated rings. The van der Waals surface area contributed by atoms with E-state index in [-0.39, 0.29) is 74.8 Å². The number of oxime groups is 1. The van der Waals surface area contributed by atoms with Crippen LogP contribution in [0.3, 0.4) is 0 Å². The Hall–Kier alpha value is 1.48. The molecule has 4 heteroatoms.